The summed E-state index contributed by atoms with van der Waals surface area (Å²) in [4.78, 5) is 51.7. The van der Waals surface area contributed by atoms with E-state index in [4.69, 9.17) is 0 Å². The van der Waals surface area contributed by atoms with Crippen LogP contribution in [-0.2, 0) is 29.2 Å². The van der Waals surface area contributed by atoms with Crippen LogP contribution in [0.5, 0.6) is 5.75 Å². The Bertz CT molecular complexity index is 1720. The minimum Gasteiger partial charge on any atom is -0.406 e. The molecule has 1 aliphatic rings. The molecular weight excluding hydrogens is 692 g/mol. The summed E-state index contributed by atoms with van der Waals surface area (Å²) in [5.74, 6) is -4.27. The number of benzene rings is 1. The molecule has 1 aromatic carbocycles. The molecule has 1 atom stereocenters. The molecule has 1 aliphatic heterocycles. The summed E-state index contributed by atoms with van der Waals surface area (Å²) in [7, 11) is 0. The Balaban J connectivity index is 1.21. The smallest absolute Gasteiger partial charge is 0.406 e. The third-order valence-electron chi connectivity index (χ3n) is 7.25. The van der Waals surface area contributed by atoms with Gasteiger partial charge in [-0.05, 0) is 30.2 Å². The van der Waals surface area contributed by atoms with Crippen molar-refractivity contribution in [1.29, 1.82) is 0 Å². The predicted molar refractivity (Wildman–Crippen MR) is 157 cm³/mol. The Hall–Kier alpha value is -5.08. The van der Waals surface area contributed by atoms with Crippen molar-refractivity contribution < 1.29 is 54.2 Å². The van der Waals surface area contributed by atoms with E-state index in [0.29, 0.717) is 5.56 Å². The number of alkyl halides is 7. The Labute approximate surface area is 277 Å². The van der Waals surface area contributed by atoms with Gasteiger partial charge in [-0.2, -0.15) is 17.6 Å². The summed E-state index contributed by atoms with van der Waals surface area (Å²) < 4.78 is 110. The zero-order valence-corrected chi connectivity index (χ0v) is 25.9. The number of nitrogens with zero attached hydrogens (tertiary/aromatic N) is 6. The van der Waals surface area contributed by atoms with E-state index in [1.807, 2.05) is 0 Å². The Kier molecular flexibility index (Phi) is 12.1. The van der Waals surface area contributed by atoms with Crippen molar-refractivity contribution in [3.8, 4) is 5.75 Å². The van der Waals surface area contributed by atoms with Gasteiger partial charge in [-0.1, -0.05) is 17.3 Å². The summed E-state index contributed by atoms with van der Waals surface area (Å²) in [6.07, 6.45) is -10.7. The SMILES string of the molecule is O=C(CN1CCN(C(=O)CC(F)(F)F)CC1)Nc1ccn(CCC(F)Cn2cc(C(=O)NCc3cccc(OC(F)(F)F)c3)nn2)c(=O)c1F. The van der Waals surface area contributed by atoms with Crippen LogP contribution in [0.25, 0.3) is 0 Å². The van der Waals surface area contributed by atoms with E-state index in [-0.39, 0.29) is 64.5 Å². The third kappa shape index (κ3) is 11.5. The number of halogens is 8. The summed E-state index contributed by atoms with van der Waals surface area (Å²) in [6.45, 7) is -0.921. The predicted octanol–water partition coefficient (Wildman–Crippen LogP) is 2.87. The van der Waals surface area contributed by atoms with E-state index in [1.54, 1.807) is 4.90 Å². The minimum absolute atomic E-state index is 0.0270. The fraction of sp³-hybridized carbons (Fsp3) is 0.448. The van der Waals surface area contributed by atoms with Gasteiger partial charge >= 0.3 is 12.5 Å². The first-order valence-corrected chi connectivity index (χ1v) is 14.9. The number of amides is 3. The van der Waals surface area contributed by atoms with E-state index in [0.717, 1.165) is 44.7 Å². The molecule has 13 nitrogen and oxygen atoms in total. The lowest BCUT2D eigenvalue weighted by Gasteiger charge is -2.34. The summed E-state index contributed by atoms with van der Waals surface area (Å²) in [5, 5.41) is 12.0. The molecule has 2 aromatic heterocycles. The Morgan fingerprint density at radius 1 is 1.02 bits per heavy atom. The quantitative estimate of drug-likeness (QED) is 0.257. The summed E-state index contributed by atoms with van der Waals surface area (Å²) in [5.41, 5.74) is -1.46. The largest absolute Gasteiger partial charge is 0.573 e. The van der Waals surface area contributed by atoms with Crippen LogP contribution in [0.4, 0.5) is 40.8 Å². The maximum Gasteiger partial charge on any atom is 0.573 e. The van der Waals surface area contributed by atoms with Crippen LogP contribution in [-0.4, -0.2) is 98.5 Å². The highest BCUT2D eigenvalue weighted by Gasteiger charge is 2.35. The Morgan fingerprint density at radius 2 is 1.74 bits per heavy atom. The van der Waals surface area contributed by atoms with Gasteiger partial charge in [-0.3, -0.25) is 24.1 Å². The van der Waals surface area contributed by atoms with Crippen LogP contribution in [0.1, 0.15) is 28.9 Å². The number of aryl methyl sites for hydroxylation is 1. The van der Waals surface area contributed by atoms with Gasteiger partial charge in [0.2, 0.25) is 17.6 Å². The minimum atomic E-state index is -4.88. The van der Waals surface area contributed by atoms with Gasteiger partial charge in [0.15, 0.2) is 5.69 Å². The lowest BCUT2D eigenvalue weighted by Crippen LogP contribution is -2.51. The standard InChI is InChI=1S/C29H30F8N8O5/c30-19(15-45-16-22(40-41-45)26(48)38-14-18-2-1-3-20(12-18)50-29(35,36)37)4-6-44-7-5-21(25(31)27(44)49)39-23(46)17-42-8-10-43(11-9-42)24(47)13-28(32,33)34/h1-3,5,7,12,16,19H,4,6,8-11,13-15,17H2,(H,38,48)(H,39,46). The van der Waals surface area contributed by atoms with Gasteiger partial charge in [0, 0.05) is 45.5 Å². The number of hydrogen-bond donors (Lipinski definition) is 2. The van der Waals surface area contributed by atoms with Gasteiger partial charge in [-0.15, -0.1) is 18.3 Å². The zero-order valence-electron chi connectivity index (χ0n) is 25.9. The lowest BCUT2D eigenvalue weighted by molar-refractivity contribution is -0.274. The number of anilines is 1. The molecule has 50 heavy (non-hydrogen) atoms. The van der Waals surface area contributed by atoms with Gasteiger partial charge < -0.3 is 24.8 Å². The Morgan fingerprint density at radius 3 is 2.42 bits per heavy atom. The molecule has 3 aromatic rings. The number of pyridine rings is 1. The molecule has 0 saturated carbocycles. The molecule has 0 spiro atoms. The molecule has 4 rings (SSSR count). The average molecular weight is 723 g/mol. The number of piperazine rings is 1. The molecule has 0 bridgehead atoms. The lowest BCUT2D eigenvalue weighted by atomic mass is 10.2. The van der Waals surface area contributed by atoms with Gasteiger partial charge in [0.25, 0.3) is 11.5 Å². The normalized spacial score (nSPS) is 14.7. The maximum absolute atomic E-state index is 14.8. The van der Waals surface area contributed by atoms with E-state index in [9.17, 15) is 54.3 Å². The highest BCUT2D eigenvalue weighted by atomic mass is 19.4. The fourth-order valence-corrected chi connectivity index (χ4v) is 4.84. The molecule has 3 amide bonds. The summed E-state index contributed by atoms with van der Waals surface area (Å²) in [6, 6.07) is 6.06. The van der Waals surface area contributed by atoms with Crippen molar-refractivity contribution in [3.63, 3.8) is 0 Å². The number of hydrogen-bond acceptors (Lipinski definition) is 8. The zero-order chi connectivity index (χ0) is 36.6. The van der Waals surface area contributed by atoms with Crippen LogP contribution in [0.2, 0.25) is 0 Å². The van der Waals surface area contributed by atoms with Crippen molar-refractivity contribution in [3.05, 3.63) is 70.2 Å². The van der Waals surface area contributed by atoms with E-state index in [1.165, 1.54) is 12.1 Å². The van der Waals surface area contributed by atoms with Gasteiger partial charge in [0.1, 0.15) is 18.3 Å². The van der Waals surface area contributed by atoms with Crippen molar-refractivity contribution in [2.45, 2.75) is 51.2 Å². The highest BCUT2D eigenvalue weighted by Crippen LogP contribution is 2.24. The van der Waals surface area contributed by atoms with Crippen LogP contribution in [0, 0.1) is 5.82 Å². The maximum atomic E-state index is 14.8. The second kappa shape index (κ2) is 16.1. The van der Waals surface area contributed by atoms with E-state index >= 15 is 0 Å². The van der Waals surface area contributed by atoms with E-state index in [2.05, 4.69) is 25.7 Å². The second-order valence-electron chi connectivity index (χ2n) is 11.1. The number of carbonyl (C=O) groups excluding carboxylic acids is 3. The molecular formula is C29H30F8N8O5. The second-order valence-corrected chi connectivity index (χ2v) is 11.1. The molecule has 1 saturated heterocycles. The number of carbonyl (C=O) groups is 3. The molecule has 21 heteroatoms. The first-order valence-electron chi connectivity index (χ1n) is 14.9. The molecule has 0 radical (unpaired) electrons. The average Bonchev–Trinajstić information content (AvgIpc) is 3.49. The first kappa shape index (κ1) is 37.7. The van der Waals surface area contributed by atoms with Gasteiger partial charge in [-0.25, -0.2) is 9.07 Å². The summed E-state index contributed by atoms with van der Waals surface area (Å²) >= 11 is 0. The van der Waals surface area contributed by atoms with Gasteiger partial charge in [0.05, 0.1) is 25.0 Å². The van der Waals surface area contributed by atoms with Crippen molar-refractivity contribution >= 4 is 23.4 Å². The van der Waals surface area contributed by atoms with E-state index < -0.39 is 65.7 Å². The number of aromatic nitrogens is 4. The van der Waals surface area contributed by atoms with Crippen LogP contribution < -0.4 is 20.9 Å². The van der Waals surface area contributed by atoms with Crippen molar-refractivity contribution in [1.82, 2.24) is 34.7 Å². The van der Waals surface area contributed by atoms with Crippen LogP contribution >= 0.6 is 0 Å². The van der Waals surface area contributed by atoms with Crippen molar-refractivity contribution in [2.75, 3.05) is 38.0 Å². The molecule has 1 fully saturated rings. The molecule has 0 aliphatic carbocycles. The molecule has 2 N–H and O–H groups in total. The van der Waals surface area contributed by atoms with Crippen molar-refractivity contribution in [2.24, 2.45) is 0 Å². The molecule has 1 unspecified atom stereocenters. The molecule has 3 heterocycles. The van der Waals surface area contributed by atoms with Crippen LogP contribution in [0.15, 0.2) is 47.5 Å². The number of ether oxygens (including phenoxy) is 1. The monoisotopic (exact) mass is 722 g/mol. The first-order chi connectivity index (χ1) is 23.5. The third-order valence-corrected chi connectivity index (χ3v) is 7.25. The molecule has 272 valence electrons. The number of nitrogens with one attached hydrogen (secondary N) is 2. The van der Waals surface area contributed by atoms with Crippen LogP contribution in [0.3, 0.4) is 0 Å². The topological polar surface area (TPSA) is 144 Å². The number of rotatable bonds is 13. The fourth-order valence-electron chi connectivity index (χ4n) is 4.84. The highest BCUT2D eigenvalue weighted by molar-refractivity contribution is 5.92.